The van der Waals surface area contributed by atoms with Crippen molar-refractivity contribution in [1.29, 1.82) is 5.26 Å². The smallest absolute Gasteiger partial charge is 0.266 e. The fourth-order valence-corrected chi connectivity index (χ4v) is 3.38. The van der Waals surface area contributed by atoms with Gasteiger partial charge in [0, 0.05) is 29.9 Å². The van der Waals surface area contributed by atoms with Crippen molar-refractivity contribution in [2.24, 2.45) is 12.8 Å². The molecule has 0 aliphatic carbocycles. The molecule has 0 aliphatic rings. The highest BCUT2D eigenvalue weighted by Crippen LogP contribution is 2.34. The van der Waals surface area contributed by atoms with Gasteiger partial charge in [0.2, 0.25) is 0 Å². The molecule has 0 fully saturated rings. The molecule has 0 unspecified atom stereocenters. The molecule has 0 radical (unpaired) electrons. The number of primary amides is 1. The third kappa shape index (κ3) is 3.08. The number of hydrogen-bond donors (Lipinski definition) is 1. The van der Waals surface area contributed by atoms with Crippen molar-refractivity contribution < 1.29 is 13.6 Å². The van der Waals surface area contributed by atoms with Crippen molar-refractivity contribution in [2.75, 3.05) is 0 Å². The summed E-state index contributed by atoms with van der Waals surface area (Å²) in [7, 11) is 1.70. The molecule has 6 heteroatoms. The number of nitriles is 1. The number of carbonyl (C=O) groups excluding carboxylic acids is 1. The van der Waals surface area contributed by atoms with E-state index in [0.717, 1.165) is 11.8 Å². The predicted molar refractivity (Wildman–Crippen MR) is 98.8 cm³/mol. The Bertz CT molecular complexity index is 1080. The Labute approximate surface area is 155 Å². The zero-order chi connectivity index (χ0) is 19.7. The van der Waals surface area contributed by atoms with Crippen molar-refractivity contribution in [2.45, 2.75) is 13.3 Å². The third-order valence-electron chi connectivity index (χ3n) is 4.61. The van der Waals surface area contributed by atoms with Gasteiger partial charge in [0.05, 0.1) is 5.56 Å². The number of hydrogen-bond acceptors (Lipinski definition) is 2. The summed E-state index contributed by atoms with van der Waals surface area (Å²) in [5.41, 5.74) is 8.83. The van der Waals surface area contributed by atoms with Crippen LogP contribution in [-0.4, -0.2) is 10.5 Å². The van der Waals surface area contributed by atoms with Crippen LogP contribution in [0.25, 0.3) is 22.3 Å². The Kier molecular flexibility index (Phi) is 4.78. The van der Waals surface area contributed by atoms with Crippen molar-refractivity contribution >= 4 is 5.91 Å². The van der Waals surface area contributed by atoms with Crippen LogP contribution in [0, 0.1) is 23.0 Å². The van der Waals surface area contributed by atoms with Crippen LogP contribution in [0.5, 0.6) is 0 Å². The summed E-state index contributed by atoms with van der Waals surface area (Å²) >= 11 is 0. The van der Waals surface area contributed by atoms with Gasteiger partial charge in [-0.2, -0.15) is 5.26 Å². The summed E-state index contributed by atoms with van der Waals surface area (Å²) in [6, 6.07) is 12.3. The van der Waals surface area contributed by atoms with Crippen LogP contribution in [0.2, 0.25) is 0 Å². The van der Waals surface area contributed by atoms with Crippen LogP contribution in [0.4, 0.5) is 8.78 Å². The fraction of sp³-hybridized carbons (Fsp3) is 0.143. The monoisotopic (exact) mass is 365 g/mol. The first-order valence-electron chi connectivity index (χ1n) is 8.36. The quantitative estimate of drug-likeness (QED) is 0.754. The van der Waals surface area contributed by atoms with Crippen LogP contribution in [-0.2, 0) is 13.5 Å². The van der Waals surface area contributed by atoms with Crippen molar-refractivity contribution in [3.8, 4) is 28.3 Å². The largest absolute Gasteiger partial charge is 0.364 e. The maximum Gasteiger partial charge on any atom is 0.266 e. The van der Waals surface area contributed by atoms with E-state index in [1.807, 2.05) is 6.92 Å². The van der Waals surface area contributed by atoms with E-state index in [1.54, 1.807) is 35.9 Å². The summed E-state index contributed by atoms with van der Waals surface area (Å²) in [4.78, 5) is 12.0. The first kappa shape index (κ1) is 18.3. The molecule has 1 amide bonds. The molecule has 0 spiro atoms. The standard InChI is InChI=1S/C21H17F2N3O/c1-3-18-16(11-24)19(20(21(25)27)26(18)2)13-6-4-12(5-7-13)15-9-8-14(22)10-17(15)23/h4-10H,3H2,1-2H3,(H2,25,27). The zero-order valence-electron chi connectivity index (χ0n) is 14.9. The first-order chi connectivity index (χ1) is 12.9. The van der Waals surface area contributed by atoms with Crippen LogP contribution in [0.3, 0.4) is 0 Å². The normalized spacial score (nSPS) is 10.6. The van der Waals surface area contributed by atoms with Crippen molar-refractivity contribution in [1.82, 2.24) is 4.57 Å². The number of amides is 1. The lowest BCUT2D eigenvalue weighted by molar-refractivity contribution is 0.0993. The molecule has 3 aromatic rings. The van der Waals surface area contributed by atoms with Gasteiger partial charge >= 0.3 is 0 Å². The average molecular weight is 365 g/mol. The topological polar surface area (TPSA) is 71.8 Å². The van der Waals surface area contributed by atoms with Crippen LogP contribution >= 0.6 is 0 Å². The van der Waals surface area contributed by atoms with Gasteiger partial charge in [-0.05, 0) is 29.7 Å². The van der Waals surface area contributed by atoms with E-state index in [-0.39, 0.29) is 11.3 Å². The summed E-state index contributed by atoms with van der Waals surface area (Å²) < 4.78 is 28.8. The molecule has 0 saturated carbocycles. The minimum absolute atomic E-state index is 0.254. The molecule has 3 rings (SSSR count). The molecule has 0 bridgehead atoms. The molecule has 27 heavy (non-hydrogen) atoms. The number of aromatic nitrogens is 1. The van der Waals surface area contributed by atoms with Gasteiger partial charge in [-0.1, -0.05) is 31.2 Å². The molecule has 1 heterocycles. The highest BCUT2D eigenvalue weighted by molar-refractivity contribution is 6.01. The van der Waals surface area contributed by atoms with Gasteiger partial charge in [0.25, 0.3) is 5.91 Å². The molecule has 1 aromatic heterocycles. The molecule has 0 saturated heterocycles. The van der Waals surface area contributed by atoms with E-state index in [9.17, 15) is 18.8 Å². The van der Waals surface area contributed by atoms with Gasteiger partial charge in [-0.15, -0.1) is 0 Å². The Balaban J connectivity index is 2.16. The maximum atomic E-state index is 14.0. The molecule has 4 nitrogen and oxygen atoms in total. The average Bonchev–Trinajstić information content (AvgIpc) is 2.93. The highest BCUT2D eigenvalue weighted by atomic mass is 19.1. The number of nitrogens with two attached hydrogens (primary N) is 1. The SMILES string of the molecule is CCc1c(C#N)c(-c2ccc(-c3ccc(F)cc3F)cc2)c(C(N)=O)n1C. The molecular weight excluding hydrogens is 348 g/mol. The minimum Gasteiger partial charge on any atom is -0.364 e. The Morgan fingerprint density at radius 3 is 2.30 bits per heavy atom. The van der Waals surface area contributed by atoms with Gasteiger partial charge in [-0.25, -0.2) is 8.78 Å². The third-order valence-corrected chi connectivity index (χ3v) is 4.61. The van der Waals surface area contributed by atoms with E-state index in [1.165, 1.54) is 12.1 Å². The second-order valence-corrected chi connectivity index (χ2v) is 6.14. The summed E-state index contributed by atoms with van der Waals surface area (Å²) in [5.74, 6) is -1.93. The number of nitrogens with zero attached hydrogens (tertiary/aromatic N) is 2. The van der Waals surface area contributed by atoms with Gasteiger partial charge in [-0.3, -0.25) is 4.79 Å². The number of carbonyl (C=O) groups is 1. The molecular formula is C21H17F2N3O. The second-order valence-electron chi connectivity index (χ2n) is 6.14. The van der Waals surface area contributed by atoms with E-state index >= 15 is 0 Å². The molecule has 2 aromatic carbocycles. The lowest BCUT2D eigenvalue weighted by Gasteiger charge is -2.07. The molecule has 2 N–H and O–H groups in total. The molecule has 0 atom stereocenters. The van der Waals surface area contributed by atoms with Crippen molar-refractivity contribution in [3.63, 3.8) is 0 Å². The van der Waals surface area contributed by atoms with Crippen LogP contribution in [0.15, 0.2) is 42.5 Å². The van der Waals surface area contributed by atoms with E-state index in [4.69, 9.17) is 5.73 Å². The van der Waals surface area contributed by atoms with Gasteiger partial charge in [0.1, 0.15) is 23.4 Å². The van der Waals surface area contributed by atoms with E-state index in [0.29, 0.717) is 28.7 Å². The predicted octanol–water partition coefficient (Wildman–Crippen LogP) is 4.17. The maximum absolute atomic E-state index is 14.0. The van der Waals surface area contributed by atoms with E-state index < -0.39 is 17.5 Å². The number of rotatable bonds is 4. The minimum atomic E-state index is -0.661. The fourth-order valence-electron chi connectivity index (χ4n) is 3.38. The lowest BCUT2D eigenvalue weighted by atomic mass is 9.97. The Morgan fingerprint density at radius 2 is 1.78 bits per heavy atom. The summed E-state index contributed by atoms with van der Waals surface area (Å²) in [6.45, 7) is 1.89. The molecule has 136 valence electrons. The highest BCUT2D eigenvalue weighted by Gasteiger charge is 2.24. The van der Waals surface area contributed by atoms with Crippen molar-refractivity contribution in [3.05, 3.63) is 71.1 Å². The summed E-state index contributed by atoms with van der Waals surface area (Å²) in [6.07, 6.45) is 0.568. The Hall–Kier alpha value is -3.46. The lowest BCUT2D eigenvalue weighted by Crippen LogP contribution is -2.17. The zero-order valence-corrected chi connectivity index (χ0v) is 14.9. The summed E-state index contributed by atoms with van der Waals surface area (Å²) in [5, 5.41) is 9.61. The number of benzene rings is 2. The van der Waals surface area contributed by atoms with Crippen LogP contribution < -0.4 is 5.73 Å². The van der Waals surface area contributed by atoms with E-state index in [2.05, 4.69) is 6.07 Å². The van der Waals surface area contributed by atoms with Gasteiger partial charge in [0.15, 0.2) is 0 Å². The number of halogens is 2. The molecule has 0 aliphatic heterocycles. The van der Waals surface area contributed by atoms with Crippen LogP contribution in [0.1, 0.15) is 28.7 Å². The second kappa shape index (κ2) is 7.04. The Morgan fingerprint density at radius 1 is 1.15 bits per heavy atom. The van der Waals surface area contributed by atoms with Gasteiger partial charge < -0.3 is 10.3 Å². The first-order valence-corrected chi connectivity index (χ1v) is 8.36.